The molecule has 5 aromatic rings. The molecule has 1 fully saturated rings. The summed E-state index contributed by atoms with van der Waals surface area (Å²) in [4.78, 5) is 27.3. The second kappa shape index (κ2) is 8.68. The lowest BCUT2D eigenvalue weighted by Gasteiger charge is -2.36. The molecular weight excluding hydrogens is 516 g/mol. The molecule has 3 aromatic heterocycles. The Kier molecular flexibility index (Phi) is 4.92. The van der Waals surface area contributed by atoms with Gasteiger partial charge in [0.25, 0.3) is 0 Å². The number of aliphatic imine (C=N–C) groups is 2. The van der Waals surface area contributed by atoms with E-state index in [-0.39, 0.29) is 6.29 Å². The highest BCUT2D eigenvalue weighted by Crippen LogP contribution is 2.46. The zero-order valence-corrected chi connectivity index (χ0v) is 22.0. The van der Waals surface area contributed by atoms with Crippen LogP contribution in [-0.4, -0.2) is 38.1 Å². The van der Waals surface area contributed by atoms with E-state index in [1.54, 1.807) is 18.6 Å². The van der Waals surface area contributed by atoms with Crippen LogP contribution in [0.5, 0.6) is 0 Å². The summed E-state index contributed by atoms with van der Waals surface area (Å²) in [5, 5.41) is 21.0. The Morgan fingerprint density at radius 2 is 1.78 bits per heavy atom. The number of hydrogen-bond donors (Lipinski definition) is 7. The average molecular weight is 543 g/mol. The maximum absolute atomic E-state index is 5.20. The molecule has 1 saturated heterocycles. The highest BCUT2D eigenvalue weighted by Gasteiger charge is 2.65. The van der Waals surface area contributed by atoms with Gasteiger partial charge in [-0.3, -0.25) is 15.3 Å². The molecule has 0 amide bonds. The minimum absolute atomic E-state index is 0.385. The Morgan fingerprint density at radius 3 is 2.63 bits per heavy atom. The number of hydrogen-bond acceptors (Lipinski definition) is 9. The molecule has 2 aromatic carbocycles. The molecule has 12 heteroatoms. The van der Waals surface area contributed by atoms with E-state index >= 15 is 0 Å². The van der Waals surface area contributed by atoms with Gasteiger partial charge in [-0.15, -0.1) is 0 Å². The van der Waals surface area contributed by atoms with Crippen molar-refractivity contribution in [1.29, 1.82) is 0 Å². The lowest BCUT2D eigenvalue weighted by Crippen LogP contribution is -2.60. The quantitative estimate of drug-likeness (QED) is 0.182. The van der Waals surface area contributed by atoms with E-state index in [1.807, 2.05) is 54.6 Å². The summed E-state index contributed by atoms with van der Waals surface area (Å²) in [6, 6.07) is 23.8. The van der Waals surface area contributed by atoms with Crippen molar-refractivity contribution >= 4 is 40.3 Å². The first-order valence-corrected chi connectivity index (χ1v) is 13.3. The van der Waals surface area contributed by atoms with E-state index in [9.17, 15) is 0 Å². The van der Waals surface area contributed by atoms with Crippen LogP contribution >= 0.6 is 0 Å². The summed E-state index contributed by atoms with van der Waals surface area (Å²) < 4.78 is 0. The molecule has 0 saturated carbocycles. The van der Waals surface area contributed by atoms with Crippen molar-refractivity contribution < 1.29 is 0 Å². The van der Waals surface area contributed by atoms with Gasteiger partial charge in [-0.25, -0.2) is 15.0 Å². The first-order valence-electron chi connectivity index (χ1n) is 13.3. The summed E-state index contributed by atoms with van der Waals surface area (Å²) in [6.45, 7) is 2.07. The third kappa shape index (κ3) is 3.64. The molecule has 0 spiro atoms. The van der Waals surface area contributed by atoms with Gasteiger partial charge in [0.05, 0.1) is 28.1 Å². The molecule has 6 heterocycles. The summed E-state index contributed by atoms with van der Waals surface area (Å²) in [5.74, 6) is 1.60. The van der Waals surface area contributed by atoms with E-state index in [0.29, 0.717) is 17.9 Å². The Bertz CT molecular complexity index is 1800. The van der Waals surface area contributed by atoms with Gasteiger partial charge in [-0.2, -0.15) is 0 Å². The number of fused-ring (bicyclic) bond motifs is 3. The second-order valence-electron chi connectivity index (χ2n) is 10.2. The lowest BCUT2D eigenvalue weighted by atomic mass is 9.86. The van der Waals surface area contributed by atoms with E-state index in [4.69, 9.17) is 15.0 Å². The van der Waals surface area contributed by atoms with E-state index < -0.39 is 11.3 Å². The highest BCUT2D eigenvalue weighted by molar-refractivity contribution is 5.99. The molecule has 7 N–H and O–H groups in total. The predicted octanol–water partition coefficient (Wildman–Crippen LogP) is 3.11. The number of para-hydroxylation sites is 2. The van der Waals surface area contributed by atoms with Crippen molar-refractivity contribution in [2.24, 2.45) is 9.98 Å². The number of H-pyrrole nitrogens is 1. The van der Waals surface area contributed by atoms with Crippen LogP contribution in [0.15, 0.2) is 101 Å². The van der Waals surface area contributed by atoms with Crippen LogP contribution in [0.1, 0.15) is 16.8 Å². The molecule has 41 heavy (non-hydrogen) atoms. The molecule has 12 nitrogen and oxygen atoms in total. The molecule has 3 atom stereocenters. The molecular formula is C29H26N12. The van der Waals surface area contributed by atoms with E-state index in [1.165, 1.54) is 5.56 Å². The van der Waals surface area contributed by atoms with E-state index in [2.05, 4.69) is 72.0 Å². The number of nitrogens with one attached hydrogen (secondary N) is 7. The van der Waals surface area contributed by atoms with Gasteiger partial charge >= 0.3 is 0 Å². The fraction of sp³-hybridized carbons (Fsp3) is 0.138. The Balaban J connectivity index is 1.22. The van der Waals surface area contributed by atoms with Crippen LogP contribution in [0.4, 0.5) is 17.3 Å². The Hall–Kier alpha value is -5.65. The number of nitrogens with zero attached hydrogens (tertiary/aromatic N) is 5. The predicted molar refractivity (Wildman–Crippen MR) is 158 cm³/mol. The zero-order valence-electron chi connectivity index (χ0n) is 22.0. The number of aromatic nitrogens is 4. The molecule has 3 aliphatic rings. The molecule has 0 aliphatic carbocycles. The maximum Gasteiger partial charge on any atom is 0.211 e. The van der Waals surface area contributed by atoms with Gasteiger partial charge in [0.1, 0.15) is 0 Å². The maximum atomic E-state index is 5.20. The monoisotopic (exact) mass is 542 g/mol. The van der Waals surface area contributed by atoms with Crippen LogP contribution in [0.2, 0.25) is 0 Å². The fourth-order valence-corrected chi connectivity index (χ4v) is 5.67. The van der Waals surface area contributed by atoms with Gasteiger partial charge in [0.15, 0.2) is 12.2 Å². The minimum Gasteiger partial charge on any atom is -0.345 e. The van der Waals surface area contributed by atoms with Gasteiger partial charge in [-0.05, 0) is 55.0 Å². The van der Waals surface area contributed by atoms with Gasteiger partial charge in [-0.1, -0.05) is 30.3 Å². The van der Waals surface area contributed by atoms with Crippen LogP contribution in [-0.2, 0) is 11.3 Å². The topological polar surface area (TPSA) is 151 Å². The number of benzene rings is 2. The fourth-order valence-electron chi connectivity index (χ4n) is 5.67. The van der Waals surface area contributed by atoms with Crippen LogP contribution < -0.4 is 31.9 Å². The van der Waals surface area contributed by atoms with E-state index in [0.717, 1.165) is 33.7 Å². The molecule has 1 unspecified atom stereocenters. The number of aryl methyl sites for hydroxylation is 1. The summed E-state index contributed by atoms with van der Waals surface area (Å²) in [6.07, 6.45) is 4.92. The minimum atomic E-state index is -1.09. The first kappa shape index (κ1) is 23.3. The standard InChI is InChI=1S/C29H26N12/c1-17-11-12-21-22(15-17)35-25(34-21)37-27-39-28(18-7-6-13-30-16-18)29(41-27,23-10-4-5-14-31-23)40-26(38-28)36-24-32-19-8-2-3-9-20(19)33-24/h2-16,25,34-35H,1H3,(H2,37,39,41)(H3,32,33,36,38,40)/t25?,28-,29+/m0/s1. The largest absolute Gasteiger partial charge is 0.345 e. The number of anilines is 3. The molecule has 0 bridgehead atoms. The molecule has 0 radical (unpaired) electrons. The van der Waals surface area contributed by atoms with Crippen molar-refractivity contribution in [2.75, 3.05) is 16.0 Å². The van der Waals surface area contributed by atoms with Crippen molar-refractivity contribution in [3.63, 3.8) is 0 Å². The normalized spacial score (nSPS) is 24.9. The number of rotatable bonds is 4. The first-order chi connectivity index (χ1) is 20.1. The lowest BCUT2D eigenvalue weighted by molar-refractivity contribution is 0.215. The SMILES string of the molecule is Cc1ccc2c(c1)NC(N=C1N[C@@]3(c4ccccn4)NC(Nc4nc5ccccc5[nH]4)=N[C@@]3(c3cccnc3)N1)N2. The number of pyridine rings is 2. The molecule has 202 valence electrons. The molecule has 8 rings (SSSR count). The highest BCUT2D eigenvalue weighted by atomic mass is 15.6. The Morgan fingerprint density at radius 1 is 0.878 bits per heavy atom. The summed E-state index contributed by atoms with van der Waals surface area (Å²) in [5.41, 5.74) is 4.36. The number of imidazole rings is 1. The number of guanidine groups is 2. The van der Waals surface area contributed by atoms with Crippen molar-refractivity contribution in [3.05, 3.63) is 108 Å². The summed E-state index contributed by atoms with van der Waals surface area (Å²) >= 11 is 0. The van der Waals surface area contributed by atoms with Crippen molar-refractivity contribution in [2.45, 2.75) is 24.5 Å². The van der Waals surface area contributed by atoms with Crippen molar-refractivity contribution in [1.82, 2.24) is 35.9 Å². The zero-order chi connectivity index (χ0) is 27.4. The van der Waals surface area contributed by atoms with Crippen molar-refractivity contribution in [3.8, 4) is 0 Å². The molecule has 3 aliphatic heterocycles. The van der Waals surface area contributed by atoms with Crippen LogP contribution in [0, 0.1) is 6.92 Å². The van der Waals surface area contributed by atoms with Crippen LogP contribution in [0.25, 0.3) is 11.0 Å². The smallest absolute Gasteiger partial charge is 0.211 e. The average Bonchev–Trinajstić information content (AvgIpc) is 3.73. The second-order valence-corrected chi connectivity index (χ2v) is 10.2. The van der Waals surface area contributed by atoms with Gasteiger partial charge in [0.2, 0.25) is 23.2 Å². The number of aromatic amines is 1. The van der Waals surface area contributed by atoms with Gasteiger partial charge in [0, 0.05) is 24.2 Å². The Labute approximate surface area is 234 Å². The van der Waals surface area contributed by atoms with Gasteiger partial charge < -0.3 is 31.6 Å². The third-order valence-corrected chi connectivity index (χ3v) is 7.51. The summed E-state index contributed by atoms with van der Waals surface area (Å²) in [7, 11) is 0. The third-order valence-electron chi connectivity index (χ3n) is 7.51. The van der Waals surface area contributed by atoms with Crippen LogP contribution in [0.3, 0.4) is 0 Å².